The number of anilines is 1. The fourth-order valence-electron chi connectivity index (χ4n) is 2.54. The minimum absolute atomic E-state index is 0.0491. The summed E-state index contributed by atoms with van der Waals surface area (Å²) in [6.07, 6.45) is 0. The topological polar surface area (TPSA) is 71.3 Å². The largest absolute Gasteiger partial charge is 0.383 e. The van der Waals surface area contributed by atoms with Gasteiger partial charge in [0.2, 0.25) is 0 Å². The van der Waals surface area contributed by atoms with Crippen molar-refractivity contribution in [2.45, 2.75) is 20.8 Å². The average molecular weight is 302 g/mol. The van der Waals surface area contributed by atoms with Gasteiger partial charge in [0.05, 0.1) is 4.92 Å². The number of hydrogen-bond donors (Lipinski definition) is 1. The van der Waals surface area contributed by atoms with Crippen LogP contribution in [0.25, 0.3) is 10.9 Å². The van der Waals surface area contributed by atoms with Crippen LogP contribution in [0.2, 0.25) is 0 Å². The van der Waals surface area contributed by atoms with E-state index < -0.39 is 0 Å². The minimum atomic E-state index is -0.381. The second-order valence-electron chi connectivity index (χ2n) is 5.20. The summed E-state index contributed by atoms with van der Waals surface area (Å²) in [4.78, 5) is 17.4. The van der Waals surface area contributed by atoms with E-state index in [1.54, 1.807) is 6.07 Å². The zero-order valence-corrected chi connectivity index (χ0v) is 13.3. The average Bonchev–Trinajstić information content (AvgIpc) is 2.50. The van der Waals surface area contributed by atoms with Crippen LogP contribution in [0.4, 0.5) is 11.4 Å². The van der Waals surface area contributed by atoms with Crippen molar-refractivity contribution in [2.75, 3.05) is 31.5 Å². The third-order valence-electron chi connectivity index (χ3n) is 3.78. The number of aryl methyl sites for hydroxylation is 1. The molecule has 1 N–H and O–H groups in total. The third-order valence-corrected chi connectivity index (χ3v) is 3.78. The normalized spacial score (nSPS) is 11.1. The van der Waals surface area contributed by atoms with Crippen LogP contribution in [0.5, 0.6) is 0 Å². The van der Waals surface area contributed by atoms with Crippen molar-refractivity contribution in [2.24, 2.45) is 0 Å². The van der Waals surface area contributed by atoms with Gasteiger partial charge in [-0.05, 0) is 26.1 Å². The molecule has 2 rings (SSSR count). The summed E-state index contributed by atoms with van der Waals surface area (Å²) < 4.78 is 0. The molecule has 0 saturated carbocycles. The highest BCUT2D eigenvalue weighted by Crippen LogP contribution is 2.29. The Morgan fingerprint density at radius 3 is 2.68 bits per heavy atom. The molecule has 0 spiro atoms. The highest BCUT2D eigenvalue weighted by molar-refractivity contribution is 5.96. The first-order valence-corrected chi connectivity index (χ1v) is 7.57. The zero-order valence-electron chi connectivity index (χ0n) is 13.3. The number of fused-ring (bicyclic) bond motifs is 1. The maximum atomic E-state index is 11.2. The van der Waals surface area contributed by atoms with Crippen molar-refractivity contribution >= 4 is 22.3 Å². The highest BCUT2D eigenvalue weighted by Gasteiger charge is 2.15. The molecule has 6 nitrogen and oxygen atoms in total. The number of nitro groups is 1. The number of non-ortho nitro benzene ring substituents is 1. The number of nitro benzene ring substituents is 1. The molecule has 2 aromatic rings. The van der Waals surface area contributed by atoms with Gasteiger partial charge in [-0.3, -0.25) is 10.1 Å². The molecule has 0 amide bonds. The molecule has 0 radical (unpaired) electrons. The fourth-order valence-corrected chi connectivity index (χ4v) is 2.54. The number of para-hydroxylation sites is 1. The predicted molar refractivity (Wildman–Crippen MR) is 89.4 cm³/mol. The van der Waals surface area contributed by atoms with Gasteiger partial charge in [-0.15, -0.1) is 0 Å². The number of benzene rings is 1. The number of hydrogen-bond acceptors (Lipinski definition) is 5. The van der Waals surface area contributed by atoms with Crippen molar-refractivity contribution in [1.29, 1.82) is 0 Å². The second kappa shape index (κ2) is 7.17. The van der Waals surface area contributed by atoms with Gasteiger partial charge in [0.1, 0.15) is 0 Å². The molecule has 1 aromatic carbocycles. The van der Waals surface area contributed by atoms with Crippen molar-refractivity contribution < 1.29 is 4.92 Å². The number of nitrogens with zero attached hydrogens (tertiary/aromatic N) is 3. The lowest BCUT2D eigenvalue weighted by molar-refractivity contribution is -0.383. The first-order valence-electron chi connectivity index (χ1n) is 7.57. The lowest BCUT2D eigenvalue weighted by Crippen LogP contribution is -2.28. The van der Waals surface area contributed by atoms with Gasteiger partial charge in [0.15, 0.2) is 5.52 Å². The Balaban J connectivity index is 2.30. The Kier molecular flexibility index (Phi) is 5.27. The first-order chi connectivity index (χ1) is 10.6. The van der Waals surface area contributed by atoms with E-state index in [1.807, 2.05) is 19.1 Å². The molecule has 1 heterocycles. The van der Waals surface area contributed by atoms with E-state index >= 15 is 0 Å². The van der Waals surface area contributed by atoms with Crippen molar-refractivity contribution in [3.63, 3.8) is 0 Å². The molecular formula is C16H22N4O2. The highest BCUT2D eigenvalue weighted by atomic mass is 16.6. The van der Waals surface area contributed by atoms with E-state index in [4.69, 9.17) is 0 Å². The van der Waals surface area contributed by atoms with Crippen LogP contribution in [0.15, 0.2) is 24.3 Å². The van der Waals surface area contributed by atoms with Crippen molar-refractivity contribution in [3.05, 3.63) is 40.1 Å². The Morgan fingerprint density at radius 1 is 1.32 bits per heavy atom. The smallest absolute Gasteiger partial charge is 0.295 e. The number of rotatable bonds is 7. The molecule has 0 unspecified atom stereocenters. The van der Waals surface area contributed by atoms with Crippen molar-refractivity contribution in [1.82, 2.24) is 9.88 Å². The monoisotopic (exact) mass is 302 g/mol. The summed E-state index contributed by atoms with van der Waals surface area (Å²) in [5, 5.41) is 15.3. The van der Waals surface area contributed by atoms with E-state index in [1.165, 1.54) is 6.07 Å². The van der Waals surface area contributed by atoms with Gasteiger partial charge in [0, 0.05) is 35.9 Å². The first kappa shape index (κ1) is 16.2. The maximum Gasteiger partial charge on any atom is 0.295 e. The number of nitrogens with one attached hydrogen (secondary N) is 1. The minimum Gasteiger partial charge on any atom is -0.383 e. The summed E-state index contributed by atoms with van der Waals surface area (Å²) >= 11 is 0. The van der Waals surface area contributed by atoms with Crippen LogP contribution < -0.4 is 5.32 Å². The molecule has 0 fully saturated rings. The Morgan fingerprint density at radius 2 is 2.05 bits per heavy atom. The van der Waals surface area contributed by atoms with E-state index in [2.05, 4.69) is 29.0 Å². The van der Waals surface area contributed by atoms with Crippen LogP contribution in [0.3, 0.4) is 0 Å². The van der Waals surface area contributed by atoms with Gasteiger partial charge in [-0.25, -0.2) is 4.98 Å². The second-order valence-corrected chi connectivity index (χ2v) is 5.20. The Bertz CT molecular complexity index is 668. The van der Waals surface area contributed by atoms with Crippen LogP contribution >= 0.6 is 0 Å². The van der Waals surface area contributed by atoms with Gasteiger partial charge in [-0.1, -0.05) is 26.0 Å². The van der Waals surface area contributed by atoms with Crippen molar-refractivity contribution in [3.8, 4) is 0 Å². The summed E-state index contributed by atoms with van der Waals surface area (Å²) in [6.45, 7) is 9.89. The summed E-state index contributed by atoms with van der Waals surface area (Å²) in [6, 6.07) is 7.00. The summed E-state index contributed by atoms with van der Waals surface area (Å²) in [7, 11) is 0. The van der Waals surface area contributed by atoms with Crippen LogP contribution in [-0.2, 0) is 0 Å². The molecule has 0 aliphatic rings. The molecule has 0 aliphatic carbocycles. The van der Waals surface area contributed by atoms with Gasteiger partial charge in [0.25, 0.3) is 5.69 Å². The Hall–Kier alpha value is -2.21. The standard InChI is InChI=1S/C16H22N4O2/c1-4-19(5-2)10-9-17-14-11-12(3)18-16-13(14)7-6-8-15(16)20(21)22/h6-8,11H,4-5,9-10H2,1-3H3,(H,17,18). The van der Waals surface area contributed by atoms with E-state index in [0.29, 0.717) is 5.52 Å². The summed E-state index contributed by atoms with van der Waals surface area (Å²) in [5.41, 5.74) is 2.16. The van der Waals surface area contributed by atoms with Gasteiger partial charge in [-0.2, -0.15) is 0 Å². The Labute approximate surface area is 130 Å². The molecule has 22 heavy (non-hydrogen) atoms. The van der Waals surface area contributed by atoms with E-state index in [0.717, 1.165) is 42.9 Å². The predicted octanol–water partition coefficient (Wildman–Crippen LogP) is 3.21. The lowest BCUT2D eigenvalue weighted by atomic mass is 10.1. The lowest BCUT2D eigenvalue weighted by Gasteiger charge is -2.19. The van der Waals surface area contributed by atoms with Crippen LogP contribution in [-0.4, -0.2) is 41.0 Å². The van der Waals surface area contributed by atoms with Crippen LogP contribution in [0, 0.1) is 17.0 Å². The number of likely N-dealkylation sites (N-methyl/N-ethyl adjacent to an activating group) is 1. The molecule has 118 valence electrons. The quantitative estimate of drug-likeness (QED) is 0.628. The zero-order chi connectivity index (χ0) is 16.1. The molecule has 0 saturated heterocycles. The SMILES string of the molecule is CCN(CC)CCNc1cc(C)nc2c([N+](=O)[O-])cccc12. The summed E-state index contributed by atoms with van der Waals surface area (Å²) in [5.74, 6) is 0. The van der Waals surface area contributed by atoms with Gasteiger partial charge >= 0.3 is 0 Å². The maximum absolute atomic E-state index is 11.2. The molecule has 0 aliphatic heterocycles. The molecule has 0 bridgehead atoms. The molecule has 0 atom stereocenters. The number of aromatic nitrogens is 1. The van der Waals surface area contributed by atoms with Gasteiger partial charge < -0.3 is 10.2 Å². The van der Waals surface area contributed by atoms with Crippen LogP contribution in [0.1, 0.15) is 19.5 Å². The molecule has 1 aromatic heterocycles. The van der Waals surface area contributed by atoms with E-state index in [-0.39, 0.29) is 10.6 Å². The third kappa shape index (κ3) is 3.51. The molecule has 6 heteroatoms. The van der Waals surface area contributed by atoms with E-state index in [9.17, 15) is 10.1 Å². The fraction of sp³-hybridized carbons (Fsp3) is 0.438. The number of pyridine rings is 1. The molecular weight excluding hydrogens is 280 g/mol.